The second-order valence-electron chi connectivity index (χ2n) is 5.74. The molecule has 1 aromatic rings. The number of Topliss-reactive ketones (excluding diaryl/α,β-unsaturated/α-hetero) is 1. The summed E-state index contributed by atoms with van der Waals surface area (Å²) in [4.78, 5) is 24.4. The van der Waals surface area contributed by atoms with Gasteiger partial charge in [0.2, 0.25) is 0 Å². The number of fused-ring (bicyclic) bond motifs is 4. The maximum absolute atomic E-state index is 12.6. The van der Waals surface area contributed by atoms with E-state index in [2.05, 4.69) is 12.1 Å². The highest BCUT2D eigenvalue weighted by atomic mass is 16.5. The van der Waals surface area contributed by atoms with Gasteiger partial charge in [-0.2, -0.15) is 0 Å². The fourth-order valence-corrected chi connectivity index (χ4v) is 3.83. The standard InChI is InChI=1S/C17H20O3/c1-2-20-16(18)10-15-12-7-4-3-6-11(12)13-8-5-9-14(15)17(13)19/h3-4,6-7,13-15H,2,5,8-10H2,1H3/t13-,14+,15?/m1/s1. The van der Waals surface area contributed by atoms with Crippen LogP contribution in [0.25, 0.3) is 0 Å². The first kappa shape index (κ1) is 13.3. The maximum Gasteiger partial charge on any atom is 0.306 e. The fourth-order valence-electron chi connectivity index (χ4n) is 3.83. The zero-order chi connectivity index (χ0) is 14.1. The summed E-state index contributed by atoms with van der Waals surface area (Å²) in [6.45, 7) is 2.21. The molecule has 3 nitrogen and oxygen atoms in total. The molecular weight excluding hydrogens is 252 g/mol. The molecule has 0 aromatic heterocycles. The minimum Gasteiger partial charge on any atom is -0.466 e. The molecular formula is C17H20O3. The molecule has 0 heterocycles. The van der Waals surface area contributed by atoms with Crippen molar-refractivity contribution in [1.82, 2.24) is 0 Å². The molecule has 0 amide bonds. The molecule has 2 bridgehead atoms. The Morgan fingerprint density at radius 1 is 1.25 bits per heavy atom. The SMILES string of the molecule is CCOC(=O)CC1c2ccccc2[C@H]2CCC[C@@H]1C2=O. The molecule has 2 aliphatic carbocycles. The van der Waals surface area contributed by atoms with E-state index >= 15 is 0 Å². The third kappa shape index (κ3) is 2.15. The van der Waals surface area contributed by atoms with Crippen LogP contribution in [0, 0.1) is 5.92 Å². The van der Waals surface area contributed by atoms with E-state index < -0.39 is 0 Å². The molecule has 0 spiro atoms. The second kappa shape index (κ2) is 5.39. The van der Waals surface area contributed by atoms with Crippen LogP contribution in [0.3, 0.4) is 0 Å². The van der Waals surface area contributed by atoms with Gasteiger partial charge in [0.05, 0.1) is 13.0 Å². The lowest BCUT2D eigenvalue weighted by Gasteiger charge is -2.40. The van der Waals surface area contributed by atoms with Crippen LogP contribution in [0.1, 0.15) is 55.6 Å². The number of benzene rings is 1. The van der Waals surface area contributed by atoms with Crippen LogP contribution in [0.4, 0.5) is 0 Å². The smallest absolute Gasteiger partial charge is 0.306 e. The number of carbonyl (C=O) groups is 2. The van der Waals surface area contributed by atoms with Crippen LogP contribution < -0.4 is 0 Å². The number of carbonyl (C=O) groups excluding carboxylic acids is 2. The molecule has 3 rings (SSSR count). The zero-order valence-electron chi connectivity index (χ0n) is 11.8. The highest BCUT2D eigenvalue weighted by molar-refractivity contribution is 5.92. The van der Waals surface area contributed by atoms with Crippen LogP contribution >= 0.6 is 0 Å². The molecule has 0 N–H and O–H groups in total. The third-order valence-corrected chi connectivity index (χ3v) is 4.67. The van der Waals surface area contributed by atoms with Crippen molar-refractivity contribution < 1.29 is 14.3 Å². The average molecular weight is 272 g/mol. The number of hydrogen-bond donors (Lipinski definition) is 0. The molecule has 0 saturated heterocycles. The average Bonchev–Trinajstić information content (AvgIpc) is 2.44. The number of rotatable bonds is 3. The van der Waals surface area contributed by atoms with Crippen molar-refractivity contribution >= 4 is 11.8 Å². The van der Waals surface area contributed by atoms with Crippen LogP contribution in [-0.2, 0) is 14.3 Å². The summed E-state index contributed by atoms with van der Waals surface area (Å²) in [7, 11) is 0. The molecule has 1 unspecified atom stereocenters. The van der Waals surface area contributed by atoms with Gasteiger partial charge in [0.25, 0.3) is 0 Å². The van der Waals surface area contributed by atoms with Crippen molar-refractivity contribution in [2.75, 3.05) is 6.61 Å². The van der Waals surface area contributed by atoms with E-state index in [0.717, 1.165) is 24.8 Å². The Morgan fingerprint density at radius 2 is 2.00 bits per heavy atom. The minimum atomic E-state index is -0.191. The number of esters is 1. The molecule has 3 atom stereocenters. The normalized spacial score (nSPS) is 27.9. The lowest BCUT2D eigenvalue weighted by atomic mass is 9.62. The lowest BCUT2D eigenvalue weighted by molar-refractivity contribution is -0.144. The highest BCUT2D eigenvalue weighted by Gasteiger charge is 2.44. The first-order valence-corrected chi connectivity index (χ1v) is 7.50. The quantitative estimate of drug-likeness (QED) is 0.794. The van der Waals surface area contributed by atoms with Gasteiger partial charge < -0.3 is 4.74 Å². The highest BCUT2D eigenvalue weighted by Crippen LogP contribution is 2.48. The van der Waals surface area contributed by atoms with E-state index in [9.17, 15) is 9.59 Å². The molecule has 0 aliphatic heterocycles. The molecule has 1 saturated carbocycles. The summed E-state index contributed by atoms with van der Waals surface area (Å²) < 4.78 is 5.08. The van der Waals surface area contributed by atoms with Crippen LogP contribution in [0.2, 0.25) is 0 Å². The van der Waals surface area contributed by atoms with Gasteiger partial charge >= 0.3 is 5.97 Å². The van der Waals surface area contributed by atoms with Crippen molar-refractivity contribution in [2.24, 2.45) is 5.92 Å². The first-order valence-electron chi connectivity index (χ1n) is 7.50. The van der Waals surface area contributed by atoms with Crippen molar-refractivity contribution in [3.63, 3.8) is 0 Å². The van der Waals surface area contributed by atoms with Crippen molar-refractivity contribution in [2.45, 2.75) is 44.4 Å². The number of ketones is 1. The monoisotopic (exact) mass is 272 g/mol. The van der Waals surface area contributed by atoms with E-state index in [-0.39, 0.29) is 23.7 Å². The maximum atomic E-state index is 12.6. The predicted octanol–water partition coefficient (Wildman–Crippen LogP) is 3.19. The zero-order valence-corrected chi connectivity index (χ0v) is 11.8. The molecule has 0 radical (unpaired) electrons. The Hall–Kier alpha value is -1.64. The molecule has 3 heteroatoms. The Bertz CT molecular complexity index is 535. The van der Waals surface area contributed by atoms with Gasteiger partial charge in [-0.25, -0.2) is 0 Å². The van der Waals surface area contributed by atoms with Crippen LogP contribution in [-0.4, -0.2) is 18.4 Å². The van der Waals surface area contributed by atoms with Gasteiger partial charge in [0.1, 0.15) is 5.78 Å². The predicted molar refractivity (Wildman–Crippen MR) is 75.5 cm³/mol. The second-order valence-corrected chi connectivity index (χ2v) is 5.74. The van der Waals surface area contributed by atoms with Crippen molar-refractivity contribution in [3.8, 4) is 0 Å². The lowest BCUT2D eigenvalue weighted by Crippen LogP contribution is -2.37. The fraction of sp³-hybridized carbons (Fsp3) is 0.529. The summed E-state index contributed by atoms with van der Waals surface area (Å²) in [5.41, 5.74) is 2.33. The van der Waals surface area contributed by atoms with Gasteiger partial charge in [-0.05, 0) is 30.9 Å². The Kier molecular flexibility index (Phi) is 3.60. The van der Waals surface area contributed by atoms with Crippen LogP contribution in [0.5, 0.6) is 0 Å². The van der Waals surface area contributed by atoms with E-state index in [4.69, 9.17) is 4.74 Å². The summed E-state index contributed by atoms with van der Waals surface area (Å²) in [5, 5.41) is 0. The third-order valence-electron chi connectivity index (χ3n) is 4.67. The van der Waals surface area contributed by atoms with Crippen molar-refractivity contribution in [1.29, 1.82) is 0 Å². The van der Waals surface area contributed by atoms with Gasteiger partial charge in [-0.15, -0.1) is 0 Å². The molecule has 106 valence electrons. The summed E-state index contributed by atoms with van der Waals surface area (Å²) in [6, 6.07) is 8.12. The van der Waals surface area contributed by atoms with Gasteiger partial charge in [-0.1, -0.05) is 30.7 Å². The minimum absolute atomic E-state index is 0.00746. The van der Waals surface area contributed by atoms with E-state index in [1.54, 1.807) is 0 Å². The molecule has 20 heavy (non-hydrogen) atoms. The Balaban J connectivity index is 1.97. The van der Waals surface area contributed by atoms with Gasteiger partial charge in [0.15, 0.2) is 0 Å². The van der Waals surface area contributed by atoms with E-state index in [0.29, 0.717) is 18.8 Å². The summed E-state index contributed by atoms with van der Waals surface area (Å²) in [5.74, 6) is 0.221. The topological polar surface area (TPSA) is 43.4 Å². The molecule has 1 aromatic carbocycles. The van der Waals surface area contributed by atoms with Crippen LogP contribution in [0.15, 0.2) is 24.3 Å². The van der Waals surface area contributed by atoms with Gasteiger partial charge in [-0.3, -0.25) is 9.59 Å². The number of ether oxygens (including phenoxy) is 1. The largest absolute Gasteiger partial charge is 0.466 e. The van der Waals surface area contributed by atoms with Crippen molar-refractivity contribution in [3.05, 3.63) is 35.4 Å². The van der Waals surface area contributed by atoms with E-state index in [1.807, 2.05) is 19.1 Å². The van der Waals surface area contributed by atoms with E-state index in [1.165, 1.54) is 5.56 Å². The number of hydrogen-bond acceptors (Lipinski definition) is 3. The first-order chi connectivity index (χ1) is 9.72. The Labute approximate surface area is 119 Å². The summed E-state index contributed by atoms with van der Waals surface area (Å²) in [6.07, 6.45) is 3.27. The summed E-state index contributed by atoms with van der Waals surface area (Å²) >= 11 is 0. The Morgan fingerprint density at radius 3 is 2.75 bits per heavy atom. The molecule has 2 aliphatic rings. The molecule has 1 fully saturated rings. The van der Waals surface area contributed by atoms with Gasteiger partial charge in [0, 0.05) is 17.8 Å².